The summed E-state index contributed by atoms with van der Waals surface area (Å²) >= 11 is 0. The molecule has 0 atom stereocenters. The minimum absolute atomic E-state index is 0.0456. The molecule has 3 aromatic heterocycles. The van der Waals surface area contributed by atoms with Gasteiger partial charge in [-0.2, -0.15) is 0 Å². The predicted molar refractivity (Wildman–Crippen MR) is 158 cm³/mol. The van der Waals surface area contributed by atoms with Crippen molar-refractivity contribution in [3.05, 3.63) is 163 Å². The van der Waals surface area contributed by atoms with E-state index in [2.05, 4.69) is 160 Å². The quantitative estimate of drug-likeness (QED) is 0.193. The van der Waals surface area contributed by atoms with E-state index >= 15 is 0 Å². The molecule has 0 aliphatic carbocycles. The van der Waals surface area contributed by atoms with Crippen LogP contribution in [0.5, 0.6) is 0 Å². The molecule has 3 aliphatic rings. The largest absolute Gasteiger partial charge is 0.553 e. The van der Waals surface area contributed by atoms with Gasteiger partial charge < -0.3 is 0 Å². The third-order valence-electron chi connectivity index (χ3n) is 8.06. The van der Waals surface area contributed by atoms with Gasteiger partial charge >= 0.3 is 6.29 Å². The second kappa shape index (κ2) is 10.0. The fourth-order valence-electron chi connectivity index (χ4n) is 6.51. The van der Waals surface area contributed by atoms with Crippen LogP contribution < -0.4 is 13.7 Å². The summed E-state index contributed by atoms with van der Waals surface area (Å²) in [6.07, 6.45) is 6.50. The highest BCUT2D eigenvalue weighted by Crippen LogP contribution is 2.44. The first-order valence-corrected chi connectivity index (χ1v) is 14.2. The molecule has 0 saturated heterocycles. The third kappa shape index (κ3) is 3.62. The molecule has 6 aromatic rings. The molecular weight excluding hydrogens is 486 g/mol. The normalized spacial score (nSPS) is 15.8. The summed E-state index contributed by atoms with van der Waals surface area (Å²) in [5, 5.41) is 0. The molecule has 2 bridgehead atoms. The van der Waals surface area contributed by atoms with E-state index < -0.39 is 0 Å². The molecule has 3 aromatic carbocycles. The van der Waals surface area contributed by atoms with Crippen LogP contribution in [-0.2, 0) is 0 Å². The van der Waals surface area contributed by atoms with Crippen molar-refractivity contribution in [2.24, 2.45) is 0 Å². The molecule has 3 aliphatic heterocycles. The summed E-state index contributed by atoms with van der Waals surface area (Å²) in [4.78, 5) is 0. The van der Waals surface area contributed by atoms with Gasteiger partial charge in [0.25, 0.3) is 0 Å². The lowest BCUT2D eigenvalue weighted by molar-refractivity contribution is -1.11. The maximum Gasteiger partial charge on any atom is 0.553 e. The van der Waals surface area contributed by atoms with Gasteiger partial charge in [0.05, 0.1) is 16.7 Å². The average molecular weight is 519 g/mol. The zero-order chi connectivity index (χ0) is 27.1. The molecule has 0 N–H and O–H groups in total. The van der Waals surface area contributed by atoms with Gasteiger partial charge in [0.2, 0.25) is 17.1 Å². The summed E-state index contributed by atoms with van der Waals surface area (Å²) in [5.74, 6) is 0.0456. The molecule has 0 unspecified atom stereocenters. The molecule has 6 heterocycles. The fraction of sp³-hybridized carbons (Fsp3) is 0.108. The molecule has 0 radical (unpaired) electrons. The first-order chi connectivity index (χ1) is 19.9. The Hall–Kier alpha value is -4.89. The van der Waals surface area contributed by atoms with Gasteiger partial charge in [0.15, 0.2) is 18.6 Å². The van der Waals surface area contributed by atoms with E-state index in [-0.39, 0.29) is 12.2 Å². The van der Waals surface area contributed by atoms with Crippen LogP contribution in [0.1, 0.15) is 42.7 Å². The summed E-state index contributed by atoms with van der Waals surface area (Å²) in [7, 11) is 0. The average Bonchev–Trinajstić information content (AvgIpc) is 3.04. The van der Waals surface area contributed by atoms with Gasteiger partial charge in [-0.15, -0.1) is 0 Å². The molecule has 40 heavy (non-hydrogen) atoms. The Morgan fingerprint density at radius 1 is 0.375 bits per heavy atom. The first kappa shape index (κ1) is 24.2. The Labute approximate surface area is 235 Å². The van der Waals surface area contributed by atoms with Gasteiger partial charge in [-0.05, 0) is 53.1 Å². The highest BCUT2D eigenvalue weighted by Gasteiger charge is 2.47. The summed E-state index contributed by atoms with van der Waals surface area (Å²) in [6.45, 7) is 4.00. The van der Waals surface area contributed by atoms with Crippen molar-refractivity contribution >= 4 is 0 Å². The van der Waals surface area contributed by atoms with Crippen LogP contribution in [0.3, 0.4) is 0 Å². The lowest BCUT2D eigenvalue weighted by Crippen LogP contribution is -2.72. The molecule has 0 amide bonds. The van der Waals surface area contributed by atoms with Crippen molar-refractivity contribution in [3.8, 4) is 33.8 Å². The molecule has 9 rings (SSSR count). The standard InChI is InChI=1S/C35H26N3.C2H6/c1-4-16-28-25(13-1)31-19-7-10-22-36(31)35-37-23-11-8-20-32(37)26-14-2-5-17-29(26)34(28)30-18-6-3-15-27(30)33-21-9-12-24-38(33)35;1-2/h1-24,34-35H;1-2H3/q+3;. The SMILES string of the molecule is CC.c1ccc2c(c1)-c1cccc[n+]1C1[n+]3ccccc3-c3ccccc3C2c2ccccc2-c2cccc[n+]21. The van der Waals surface area contributed by atoms with Crippen molar-refractivity contribution in [2.75, 3.05) is 0 Å². The number of nitrogens with zero attached hydrogens (tertiary/aromatic N) is 3. The van der Waals surface area contributed by atoms with Gasteiger partial charge in [0, 0.05) is 42.3 Å². The zero-order valence-electron chi connectivity index (χ0n) is 22.9. The molecule has 0 saturated carbocycles. The molecular formula is C37H32N3+3. The highest BCUT2D eigenvalue weighted by molar-refractivity contribution is 5.74. The van der Waals surface area contributed by atoms with E-state index in [1.165, 1.54) is 50.5 Å². The Balaban J connectivity index is 0.00000130. The topological polar surface area (TPSA) is 11.6 Å². The summed E-state index contributed by atoms with van der Waals surface area (Å²) < 4.78 is 7.26. The molecule has 0 fully saturated rings. The minimum atomic E-state index is -0.164. The number of pyridine rings is 3. The van der Waals surface area contributed by atoms with Crippen molar-refractivity contribution in [3.63, 3.8) is 0 Å². The van der Waals surface area contributed by atoms with Crippen LogP contribution >= 0.6 is 0 Å². The second-order valence-corrected chi connectivity index (χ2v) is 10.0. The lowest BCUT2D eigenvalue weighted by Gasteiger charge is -2.27. The Bertz CT molecular complexity index is 1500. The van der Waals surface area contributed by atoms with Gasteiger partial charge in [-0.25, -0.2) is 0 Å². The smallest absolute Gasteiger partial charge is 0.0745 e. The second-order valence-electron chi connectivity index (χ2n) is 10.0. The Morgan fingerprint density at radius 3 is 1.02 bits per heavy atom. The van der Waals surface area contributed by atoms with E-state index in [0.29, 0.717) is 0 Å². The fourth-order valence-corrected chi connectivity index (χ4v) is 6.51. The number of hydrogen-bond acceptors (Lipinski definition) is 0. The third-order valence-corrected chi connectivity index (χ3v) is 8.06. The van der Waals surface area contributed by atoms with E-state index in [0.717, 1.165) is 0 Å². The van der Waals surface area contributed by atoms with Crippen LogP contribution in [0.15, 0.2) is 146 Å². The number of rotatable bonds is 0. The minimum Gasteiger partial charge on any atom is -0.0745 e. The van der Waals surface area contributed by atoms with Gasteiger partial charge in [-0.1, -0.05) is 82.1 Å². The van der Waals surface area contributed by atoms with E-state index in [4.69, 9.17) is 0 Å². The monoisotopic (exact) mass is 518 g/mol. The summed E-state index contributed by atoms with van der Waals surface area (Å²) in [6, 6.07) is 46.5. The van der Waals surface area contributed by atoms with Crippen LogP contribution in [0.25, 0.3) is 33.8 Å². The van der Waals surface area contributed by atoms with Crippen molar-refractivity contribution in [1.82, 2.24) is 0 Å². The molecule has 3 nitrogen and oxygen atoms in total. The molecule has 3 heteroatoms. The van der Waals surface area contributed by atoms with Crippen LogP contribution in [-0.4, -0.2) is 0 Å². The van der Waals surface area contributed by atoms with E-state index in [9.17, 15) is 0 Å². The van der Waals surface area contributed by atoms with Crippen LogP contribution in [0.2, 0.25) is 0 Å². The van der Waals surface area contributed by atoms with Gasteiger partial charge in [0.1, 0.15) is 0 Å². The lowest BCUT2D eigenvalue weighted by atomic mass is 9.77. The van der Waals surface area contributed by atoms with E-state index in [1.54, 1.807) is 0 Å². The first-order valence-electron chi connectivity index (χ1n) is 14.2. The van der Waals surface area contributed by atoms with Crippen molar-refractivity contribution in [2.45, 2.75) is 26.1 Å². The Kier molecular flexibility index (Phi) is 6.05. The van der Waals surface area contributed by atoms with Crippen LogP contribution in [0, 0.1) is 0 Å². The maximum atomic E-state index is 2.42. The number of benzene rings is 3. The number of hydrogen-bond donors (Lipinski definition) is 0. The van der Waals surface area contributed by atoms with Crippen LogP contribution in [0.4, 0.5) is 0 Å². The predicted octanol–water partition coefficient (Wildman–Crippen LogP) is 6.94. The highest BCUT2D eigenvalue weighted by atomic mass is 15.4. The molecule has 0 spiro atoms. The zero-order valence-corrected chi connectivity index (χ0v) is 22.9. The van der Waals surface area contributed by atoms with Crippen molar-refractivity contribution in [1.29, 1.82) is 0 Å². The van der Waals surface area contributed by atoms with Gasteiger partial charge in [-0.3, -0.25) is 0 Å². The number of aromatic nitrogens is 3. The van der Waals surface area contributed by atoms with E-state index in [1.807, 2.05) is 13.8 Å². The summed E-state index contributed by atoms with van der Waals surface area (Å²) in [5.41, 5.74) is 11.3. The maximum absolute atomic E-state index is 2.42. The molecule has 192 valence electrons. The van der Waals surface area contributed by atoms with Crippen molar-refractivity contribution < 1.29 is 13.7 Å². The Morgan fingerprint density at radius 2 is 0.675 bits per heavy atom.